The number of nitriles is 1. The molecule has 1 amide bonds. The number of allylic oxidation sites excluding steroid dienone is 4. The van der Waals surface area contributed by atoms with E-state index in [1.165, 1.54) is 0 Å². The van der Waals surface area contributed by atoms with Gasteiger partial charge in [-0.05, 0) is 68.2 Å². The number of unbranched alkanes of at least 4 members (excludes halogenated alkanes) is 1. The molecule has 2 N–H and O–H groups in total. The second kappa shape index (κ2) is 10.9. The first-order valence-corrected chi connectivity index (χ1v) is 12.6. The van der Waals surface area contributed by atoms with E-state index < -0.39 is 0 Å². The topological polar surface area (TPSA) is 82.6 Å². The second-order valence-corrected chi connectivity index (χ2v) is 9.49. The van der Waals surface area contributed by atoms with Crippen LogP contribution >= 0.6 is 0 Å². The number of benzene rings is 1. The van der Waals surface area contributed by atoms with Crippen LogP contribution in [-0.4, -0.2) is 37.1 Å². The number of ether oxygens (including phenoxy) is 1. The molecule has 6 heteroatoms. The van der Waals surface area contributed by atoms with Crippen LogP contribution in [0.2, 0.25) is 0 Å². The molecule has 3 aliphatic rings. The Kier molecular flexibility index (Phi) is 7.74. The maximum Gasteiger partial charge on any atom is 0.220 e. The van der Waals surface area contributed by atoms with Gasteiger partial charge in [-0.1, -0.05) is 37.6 Å². The number of hydrogen-bond acceptors (Lipinski definition) is 5. The molecule has 0 spiro atoms. The molecule has 0 atom stereocenters. The number of nitrogens with zero attached hydrogens (tertiary/aromatic N) is 3. The average molecular weight is 461 g/mol. The summed E-state index contributed by atoms with van der Waals surface area (Å²) in [7, 11) is 0. The van der Waals surface area contributed by atoms with Crippen molar-refractivity contribution < 1.29 is 9.53 Å². The summed E-state index contributed by atoms with van der Waals surface area (Å²) in [6.45, 7) is 7.29. The van der Waals surface area contributed by atoms with E-state index in [9.17, 15) is 10.1 Å². The Morgan fingerprint density at radius 1 is 1.21 bits per heavy atom. The molecule has 0 saturated carbocycles. The fourth-order valence-corrected chi connectivity index (χ4v) is 5.28. The van der Waals surface area contributed by atoms with Gasteiger partial charge in [0.2, 0.25) is 5.91 Å². The minimum atomic E-state index is -0.203. The summed E-state index contributed by atoms with van der Waals surface area (Å²) in [5, 5.41) is 10.4. The van der Waals surface area contributed by atoms with E-state index in [1.807, 2.05) is 0 Å². The number of piperidine rings is 1. The summed E-state index contributed by atoms with van der Waals surface area (Å²) < 4.78 is 5.63. The van der Waals surface area contributed by atoms with Crippen LogP contribution < -0.4 is 10.6 Å². The lowest BCUT2D eigenvalue weighted by molar-refractivity contribution is -0.123. The highest BCUT2D eigenvalue weighted by Crippen LogP contribution is 2.42. The van der Waals surface area contributed by atoms with Gasteiger partial charge in [0.1, 0.15) is 11.9 Å². The molecule has 0 aliphatic carbocycles. The van der Waals surface area contributed by atoms with Gasteiger partial charge in [0.15, 0.2) is 0 Å². The largest absolute Gasteiger partial charge is 0.381 e. The monoisotopic (exact) mass is 460 g/mol. The van der Waals surface area contributed by atoms with E-state index in [0.717, 1.165) is 98.7 Å². The van der Waals surface area contributed by atoms with Gasteiger partial charge in [-0.3, -0.25) is 9.69 Å². The van der Waals surface area contributed by atoms with Gasteiger partial charge in [0.05, 0.1) is 17.0 Å². The standard InChI is InChI=1S/C28H36N4O2/c1-3-4-8-26-24(19-29)23(21-12-16-34-17-13-21)18-27(31-14-10-22(11-15-31)28(30)33)32(26)25-9-6-5-7-20(25)2/h5-9,18,21-22H,3-4,10-17H2,1-2H3,(H2,30,33)/b26-8+. The normalized spacial score (nSPS) is 21.6. The lowest BCUT2D eigenvalue weighted by Gasteiger charge is -2.44. The zero-order valence-corrected chi connectivity index (χ0v) is 20.4. The SMILES string of the molecule is CCC/C=C1\C(C#N)=C(C2CCOCC2)C=C(N2CCC(C(N)=O)CC2)N1c1ccccc1C. The van der Waals surface area contributed by atoms with Crippen LogP contribution in [0.15, 0.2) is 59.1 Å². The van der Waals surface area contributed by atoms with Crippen molar-refractivity contribution in [3.63, 3.8) is 0 Å². The van der Waals surface area contributed by atoms with Crippen LogP contribution in [-0.2, 0) is 9.53 Å². The number of likely N-dealkylation sites (tertiary alicyclic amines) is 1. The molecule has 6 nitrogen and oxygen atoms in total. The van der Waals surface area contributed by atoms with Crippen molar-refractivity contribution in [3.8, 4) is 6.07 Å². The Morgan fingerprint density at radius 2 is 1.91 bits per heavy atom. The Labute approximate surface area is 203 Å². The number of hydrogen-bond donors (Lipinski definition) is 1. The third kappa shape index (κ3) is 4.90. The number of nitrogens with two attached hydrogens (primary N) is 1. The number of carbonyl (C=O) groups excluding carboxylic acids is 1. The summed E-state index contributed by atoms with van der Waals surface area (Å²) in [5.74, 6) is 1.14. The molecular weight excluding hydrogens is 424 g/mol. The maximum atomic E-state index is 11.8. The van der Waals surface area contributed by atoms with Crippen molar-refractivity contribution in [1.82, 2.24) is 4.90 Å². The molecule has 0 radical (unpaired) electrons. The summed E-state index contributed by atoms with van der Waals surface area (Å²) in [4.78, 5) is 16.4. The Hall–Kier alpha value is -3.04. The van der Waals surface area contributed by atoms with Crippen LogP contribution in [0, 0.1) is 30.1 Å². The van der Waals surface area contributed by atoms with Crippen molar-refractivity contribution in [2.24, 2.45) is 17.6 Å². The first-order chi connectivity index (χ1) is 16.5. The van der Waals surface area contributed by atoms with Gasteiger partial charge in [0, 0.05) is 32.2 Å². The molecule has 3 aliphatic heterocycles. The van der Waals surface area contributed by atoms with Crippen molar-refractivity contribution in [1.29, 1.82) is 5.26 Å². The van der Waals surface area contributed by atoms with E-state index in [-0.39, 0.29) is 11.8 Å². The van der Waals surface area contributed by atoms with Gasteiger partial charge in [-0.25, -0.2) is 0 Å². The van der Waals surface area contributed by atoms with Crippen molar-refractivity contribution in [2.75, 3.05) is 31.2 Å². The number of aryl methyl sites for hydroxylation is 1. The number of amides is 1. The number of rotatable bonds is 6. The molecule has 3 heterocycles. The maximum absolute atomic E-state index is 11.8. The molecule has 1 aromatic rings. The number of carbonyl (C=O) groups is 1. The van der Waals surface area contributed by atoms with Crippen LogP contribution in [0.4, 0.5) is 5.69 Å². The molecule has 0 bridgehead atoms. The molecular formula is C28H36N4O2. The third-order valence-electron chi connectivity index (χ3n) is 7.28. The predicted octanol–water partition coefficient (Wildman–Crippen LogP) is 4.78. The smallest absolute Gasteiger partial charge is 0.220 e. The molecule has 4 rings (SSSR count). The van der Waals surface area contributed by atoms with Crippen LogP contribution in [0.3, 0.4) is 0 Å². The number of anilines is 1. The molecule has 2 saturated heterocycles. The lowest BCUT2D eigenvalue weighted by atomic mass is 9.84. The van der Waals surface area contributed by atoms with E-state index in [4.69, 9.17) is 10.5 Å². The fraction of sp³-hybridized carbons (Fsp3) is 0.500. The first-order valence-electron chi connectivity index (χ1n) is 12.6. The molecule has 180 valence electrons. The van der Waals surface area contributed by atoms with Crippen molar-refractivity contribution >= 4 is 11.6 Å². The minimum absolute atomic E-state index is 0.0670. The molecule has 0 unspecified atom stereocenters. The average Bonchev–Trinajstić information content (AvgIpc) is 2.87. The van der Waals surface area contributed by atoms with E-state index in [2.05, 4.69) is 66.1 Å². The number of primary amides is 1. The molecule has 1 aromatic carbocycles. The van der Waals surface area contributed by atoms with Crippen molar-refractivity contribution in [3.05, 3.63) is 64.6 Å². The zero-order chi connectivity index (χ0) is 24.1. The van der Waals surface area contributed by atoms with Crippen molar-refractivity contribution in [2.45, 2.75) is 52.4 Å². The lowest BCUT2D eigenvalue weighted by Crippen LogP contribution is -2.44. The quantitative estimate of drug-likeness (QED) is 0.660. The predicted molar refractivity (Wildman–Crippen MR) is 134 cm³/mol. The van der Waals surface area contributed by atoms with Gasteiger partial charge in [-0.15, -0.1) is 0 Å². The molecule has 34 heavy (non-hydrogen) atoms. The van der Waals surface area contributed by atoms with E-state index >= 15 is 0 Å². The summed E-state index contributed by atoms with van der Waals surface area (Å²) in [6, 6.07) is 10.9. The number of para-hydroxylation sites is 1. The minimum Gasteiger partial charge on any atom is -0.381 e. The first kappa shape index (κ1) is 24.1. The van der Waals surface area contributed by atoms with Crippen LogP contribution in [0.25, 0.3) is 0 Å². The van der Waals surface area contributed by atoms with Gasteiger partial charge in [0.25, 0.3) is 0 Å². The fourth-order valence-electron chi connectivity index (χ4n) is 5.28. The summed E-state index contributed by atoms with van der Waals surface area (Å²) >= 11 is 0. The van der Waals surface area contributed by atoms with Crippen LogP contribution in [0.1, 0.15) is 51.0 Å². The zero-order valence-electron chi connectivity index (χ0n) is 20.4. The second-order valence-electron chi connectivity index (χ2n) is 9.49. The highest BCUT2D eigenvalue weighted by atomic mass is 16.5. The van der Waals surface area contributed by atoms with E-state index in [0.29, 0.717) is 5.92 Å². The van der Waals surface area contributed by atoms with Crippen LogP contribution in [0.5, 0.6) is 0 Å². The van der Waals surface area contributed by atoms with Gasteiger partial charge >= 0.3 is 0 Å². The summed E-state index contributed by atoms with van der Waals surface area (Å²) in [5.41, 5.74) is 10.8. The highest BCUT2D eigenvalue weighted by molar-refractivity contribution is 5.77. The molecule has 2 fully saturated rings. The Morgan fingerprint density at radius 3 is 2.53 bits per heavy atom. The molecule has 0 aromatic heterocycles. The van der Waals surface area contributed by atoms with Gasteiger partial charge < -0.3 is 15.4 Å². The summed E-state index contributed by atoms with van der Waals surface area (Å²) in [6.07, 6.45) is 9.76. The van der Waals surface area contributed by atoms with E-state index in [1.54, 1.807) is 0 Å². The highest BCUT2D eigenvalue weighted by Gasteiger charge is 2.35. The Balaban J connectivity index is 1.84. The Bertz CT molecular complexity index is 1030. The van der Waals surface area contributed by atoms with Gasteiger partial charge in [-0.2, -0.15) is 5.26 Å². The third-order valence-corrected chi connectivity index (χ3v) is 7.28.